The molecule has 14 heavy (non-hydrogen) atoms. The van der Waals surface area contributed by atoms with Gasteiger partial charge in [-0.05, 0) is 51.2 Å². The molecule has 0 amide bonds. The van der Waals surface area contributed by atoms with Gasteiger partial charge in [-0.3, -0.25) is 4.98 Å². The van der Waals surface area contributed by atoms with E-state index in [-0.39, 0.29) is 6.04 Å². The third kappa shape index (κ3) is 4.35. The molecule has 0 aromatic carbocycles. The van der Waals surface area contributed by atoms with E-state index in [1.807, 2.05) is 24.5 Å². The highest BCUT2D eigenvalue weighted by atomic mass is 15.0. The van der Waals surface area contributed by atoms with Gasteiger partial charge >= 0.3 is 0 Å². The van der Waals surface area contributed by atoms with Gasteiger partial charge in [-0.15, -0.1) is 0 Å². The second kappa shape index (κ2) is 5.73. The van der Waals surface area contributed by atoms with Gasteiger partial charge in [-0.1, -0.05) is 0 Å². The molecule has 1 rings (SSSR count). The highest BCUT2D eigenvalue weighted by molar-refractivity contribution is 5.11. The third-order valence-corrected chi connectivity index (χ3v) is 2.19. The SMILES string of the molecule is CN(C)CCC(N)Cc1ccncc1. The van der Waals surface area contributed by atoms with Crippen LogP contribution < -0.4 is 5.73 Å². The molecule has 78 valence electrons. The molecule has 0 fully saturated rings. The maximum Gasteiger partial charge on any atom is 0.0270 e. The van der Waals surface area contributed by atoms with Gasteiger partial charge < -0.3 is 10.6 Å². The first kappa shape index (κ1) is 11.1. The topological polar surface area (TPSA) is 42.1 Å². The van der Waals surface area contributed by atoms with E-state index in [2.05, 4.69) is 24.0 Å². The minimum atomic E-state index is 0.250. The van der Waals surface area contributed by atoms with Crippen molar-refractivity contribution < 1.29 is 0 Å². The quantitative estimate of drug-likeness (QED) is 0.755. The Balaban J connectivity index is 2.30. The fraction of sp³-hybridized carbons (Fsp3) is 0.545. The number of aromatic nitrogens is 1. The summed E-state index contributed by atoms with van der Waals surface area (Å²) in [6.45, 7) is 1.05. The van der Waals surface area contributed by atoms with Crippen LogP contribution in [0.5, 0.6) is 0 Å². The first-order chi connectivity index (χ1) is 6.68. The smallest absolute Gasteiger partial charge is 0.0270 e. The van der Waals surface area contributed by atoms with Gasteiger partial charge in [0.25, 0.3) is 0 Å². The maximum atomic E-state index is 6.01. The molecule has 0 bridgehead atoms. The van der Waals surface area contributed by atoms with Gasteiger partial charge in [-0.25, -0.2) is 0 Å². The van der Waals surface area contributed by atoms with Crippen LogP contribution in [0.15, 0.2) is 24.5 Å². The number of pyridine rings is 1. The number of hydrogen-bond donors (Lipinski definition) is 1. The Hall–Kier alpha value is -0.930. The Morgan fingerprint density at radius 3 is 2.57 bits per heavy atom. The standard InChI is InChI=1S/C11H19N3/c1-14(2)8-5-11(12)9-10-3-6-13-7-4-10/h3-4,6-7,11H,5,8-9,12H2,1-2H3. The average Bonchev–Trinajstić information content (AvgIpc) is 2.16. The van der Waals surface area contributed by atoms with Crippen molar-refractivity contribution in [3.63, 3.8) is 0 Å². The lowest BCUT2D eigenvalue weighted by Crippen LogP contribution is -2.28. The van der Waals surface area contributed by atoms with Gasteiger partial charge in [0.15, 0.2) is 0 Å². The zero-order chi connectivity index (χ0) is 10.4. The number of hydrogen-bond acceptors (Lipinski definition) is 3. The molecular weight excluding hydrogens is 174 g/mol. The minimum absolute atomic E-state index is 0.250. The minimum Gasteiger partial charge on any atom is -0.327 e. The molecule has 0 radical (unpaired) electrons. The molecule has 3 heteroatoms. The van der Waals surface area contributed by atoms with Crippen LogP contribution in [0.4, 0.5) is 0 Å². The Labute approximate surface area is 85.9 Å². The second-order valence-corrected chi connectivity index (χ2v) is 3.91. The van der Waals surface area contributed by atoms with Crippen LogP contribution in [0.1, 0.15) is 12.0 Å². The van der Waals surface area contributed by atoms with Gasteiger partial charge in [-0.2, -0.15) is 0 Å². The summed E-state index contributed by atoms with van der Waals surface area (Å²) in [7, 11) is 4.14. The molecule has 0 saturated carbocycles. The molecule has 0 aliphatic carbocycles. The summed E-state index contributed by atoms with van der Waals surface area (Å²) in [5.41, 5.74) is 7.28. The maximum absolute atomic E-state index is 6.01. The summed E-state index contributed by atoms with van der Waals surface area (Å²) < 4.78 is 0. The molecule has 1 atom stereocenters. The van der Waals surface area contributed by atoms with E-state index >= 15 is 0 Å². The van der Waals surface area contributed by atoms with Crippen molar-refractivity contribution in [2.24, 2.45) is 5.73 Å². The molecule has 0 saturated heterocycles. The van der Waals surface area contributed by atoms with E-state index in [1.165, 1.54) is 5.56 Å². The van der Waals surface area contributed by atoms with Crippen LogP contribution in [0.3, 0.4) is 0 Å². The summed E-state index contributed by atoms with van der Waals surface area (Å²) in [6, 6.07) is 4.30. The predicted molar refractivity (Wildman–Crippen MR) is 59.1 cm³/mol. The van der Waals surface area contributed by atoms with Crippen LogP contribution in [0, 0.1) is 0 Å². The Kier molecular flexibility index (Phi) is 4.56. The van der Waals surface area contributed by atoms with Crippen molar-refractivity contribution >= 4 is 0 Å². The normalized spacial score (nSPS) is 13.1. The fourth-order valence-electron chi connectivity index (χ4n) is 1.35. The van der Waals surface area contributed by atoms with Gasteiger partial charge in [0.1, 0.15) is 0 Å². The van der Waals surface area contributed by atoms with Crippen molar-refractivity contribution in [3.05, 3.63) is 30.1 Å². The summed E-state index contributed by atoms with van der Waals surface area (Å²) in [4.78, 5) is 6.14. The van der Waals surface area contributed by atoms with E-state index in [9.17, 15) is 0 Å². The van der Waals surface area contributed by atoms with Crippen molar-refractivity contribution in [3.8, 4) is 0 Å². The number of nitrogens with zero attached hydrogens (tertiary/aromatic N) is 2. The molecule has 0 spiro atoms. The zero-order valence-corrected chi connectivity index (χ0v) is 8.98. The summed E-state index contributed by atoms with van der Waals surface area (Å²) in [5, 5.41) is 0. The first-order valence-electron chi connectivity index (χ1n) is 4.97. The fourth-order valence-corrected chi connectivity index (χ4v) is 1.35. The van der Waals surface area contributed by atoms with Crippen molar-refractivity contribution in [1.29, 1.82) is 0 Å². The zero-order valence-electron chi connectivity index (χ0n) is 8.98. The average molecular weight is 193 g/mol. The monoisotopic (exact) mass is 193 g/mol. The van der Waals surface area contributed by atoms with Crippen LogP contribution in [-0.2, 0) is 6.42 Å². The van der Waals surface area contributed by atoms with Gasteiger partial charge in [0, 0.05) is 18.4 Å². The molecule has 1 heterocycles. The van der Waals surface area contributed by atoms with Crippen LogP contribution in [-0.4, -0.2) is 36.6 Å². The Bertz CT molecular complexity index is 246. The van der Waals surface area contributed by atoms with Crippen LogP contribution >= 0.6 is 0 Å². The summed E-state index contributed by atoms with van der Waals surface area (Å²) in [5.74, 6) is 0. The number of nitrogens with two attached hydrogens (primary N) is 1. The van der Waals surface area contributed by atoms with Crippen LogP contribution in [0.2, 0.25) is 0 Å². The second-order valence-electron chi connectivity index (χ2n) is 3.91. The lowest BCUT2D eigenvalue weighted by molar-refractivity contribution is 0.379. The van der Waals surface area contributed by atoms with E-state index in [0.717, 1.165) is 19.4 Å². The van der Waals surface area contributed by atoms with Crippen molar-refractivity contribution in [2.45, 2.75) is 18.9 Å². The van der Waals surface area contributed by atoms with Gasteiger partial charge in [0.05, 0.1) is 0 Å². The largest absolute Gasteiger partial charge is 0.327 e. The molecule has 0 aliphatic heterocycles. The lowest BCUT2D eigenvalue weighted by atomic mass is 10.1. The third-order valence-electron chi connectivity index (χ3n) is 2.19. The van der Waals surface area contributed by atoms with E-state index < -0.39 is 0 Å². The van der Waals surface area contributed by atoms with E-state index in [1.54, 1.807) is 0 Å². The summed E-state index contributed by atoms with van der Waals surface area (Å²) >= 11 is 0. The molecule has 1 aromatic heterocycles. The number of rotatable bonds is 5. The Morgan fingerprint density at radius 2 is 2.00 bits per heavy atom. The van der Waals surface area contributed by atoms with Crippen LogP contribution in [0.25, 0.3) is 0 Å². The highest BCUT2D eigenvalue weighted by Gasteiger charge is 2.04. The Morgan fingerprint density at radius 1 is 1.36 bits per heavy atom. The molecule has 1 unspecified atom stereocenters. The van der Waals surface area contributed by atoms with E-state index in [0.29, 0.717) is 0 Å². The molecular formula is C11H19N3. The van der Waals surface area contributed by atoms with E-state index in [4.69, 9.17) is 5.73 Å². The lowest BCUT2D eigenvalue weighted by Gasteiger charge is -2.14. The highest BCUT2D eigenvalue weighted by Crippen LogP contribution is 2.02. The van der Waals surface area contributed by atoms with Gasteiger partial charge in [0.2, 0.25) is 0 Å². The van der Waals surface area contributed by atoms with Crippen molar-refractivity contribution in [1.82, 2.24) is 9.88 Å². The predicted octanol–water partition coefficient (Wildman–Crippen LogP) is 0.903. The molecule has 0 aliphatic rings. The molecule has 2 N–H and O–H groups in total. The molecule has 3 nitrogen and oxygen atoms in total. The molecule has 1 aromatic rings. The van der Waals surface area contributed by atoms with Crippen molar-refractivity contribution in [2.75, 3.05) is 20.6 Å². The summed E-state index contributed by atoms with van der Waals surface area (Å²) in [6.07, 6.45) is 5.60. The first-order valence-corrected chi connectivity index (χ1v) is 4.97.